The number of carbonyl (C=O) groups excluding carboxylic acids is 1. The van der Waals surface area contributed by atoms with Crippen molar-refractivity contribution in [1.82, 2.24) is 10.6 Å². The van der Waals surface area contributed by atoms with Gasteiger partial charge in [-0.25, -0.2) is 0 Å². The van der Waals surface area contributed by atoms with E-state index < -0.39 is 4.92 Å². The van der Waals surface area contributed by atoms with E-state index in [1.807, 2.05) is 14.0 Å². The maximum Gasteiger partial charge on any atom is 0.292 e. The SMILES string of the molecule is CNC(C)CNC(=O)CNc1ccccc1[N+](=O)[O-].Cl. The summed E-state index contributed by atoms with van der Waals surface area (Å²) in [4.78, 5) is 21.8. The van der Waals surface area contributed by atoms with E-state index in [9.17, 15) is 14.9 Å². The number of nitro benzene ring substituents is 1. The van der Waals surface area contributed by atoms with E-state index in [-0.39, 0.29) is 36.6 Å². The Morgan fingerprint density at radius 3 is 2.65 bits per heavy atom. The number of amides is 1. The summed E-state index contributed by atoms with van der Waals surface area (Å²) >= 11 is 0. The van der Waals surface area contributed by atoms with Crippen LogP contribution >= 0.6 is 12.4 Å². The number of likely N-dealkylation sites (N-methyl/N-ethyl adjacent to an activating group) is 1. The molecule has 0 bridgehead atoms. The third-order valence-electron chi connectivity index (χ3n) is 2.64. The van der Waals surface area contributed by atoms with Crippen LogP contribution in [0, 0.1) is 10.1 Å². The largest absolute Gasteiger partial charge is 0.371 e. The normalized spacial score (nSPS) is 11.1. The number of hydrogen-bond donors (Lipinski definition) is 3. The lowest BCUT2D eigenvalue weighted by Crippen LogP contribution is -2.39. The number of hydrogen-bond acceptors (Lipinski definition) is 5. The van der Waals surface area contributed by atoms with Gasteiger partial charge in [-0.1, -0.05) is 12.1 Å². The van der Waals surface area contributed by atoms with Crippen molar-refractivity contribution in [2.24, 2.45) is 0 Å². The summed E-state index contributed by atoms with van der Waals surface area (Å²) < 4.78 is 0. The first-order valence-corrected chi connectivity index (χ1v) is 5.96. The van der Waals surface area contributed by atoms with Crippen molar-refractivity contribution in [3.8, 4) is 0 Å². The quantitative estimate of drug-likeness (QED) is 0.519. The third kappa shape index (κ3) is 5.85. The summed E-state index contributed by atoms with van der Waals surface area (Å²) in [6.07, 6.45) is 0. The van der Waals surface area contributed by atoms with Crippen LogP contribution in [0.4, 0.5) is 11.4 Å². The highest BCUT2D eigenvalue weighted by molar-refractivity contribution is 5.85. The van der Waals surface area contributed by atoms with E-state index in [0.717, 1.165) is 0 Å². The molecule has 0 aliphatic carbocycles. The maximum absolute atomic E-state index is 11.5. The molecule has 1 amide bonds. The summed E-state index contributed by atoms with van der Waals surface area (Å²) in [7, 11) is 1.81. The van der Waals surface area contributed by atoms with Crippen molar-refractivity contribution >= 4 is 29.7 Å². The molecule has 0 aromatic heterocycles. The minimum Gasteiger partial charge on any atom is -0.371 e. The molecule has 1 unspecified atom stereocenters. The number of nitro groups is 1. The number of rotatable bonds is 7. The van der Waals surface area contributed by atoms with Gasteiger partial charge in [-0.05, 0) is 20.0 Å². The van der Waals surface area contributed by atoms with Crippen molar-refractivity contribution in [3.05, 3.63) is 34.4 Å². The van der Waals surface area contributed by atoms with Crippen LogP contribution < -0.4 is 16.0 Å². The lowest BCUT2D eigenvalue weighted by Gasteiger charge is -2.12. The van der Waals surface area contributed by atoms with Crippen molar-refractivity contribution in [3.63, 3.8) is 0 Å². The van der Waals surface area contributed by atoms with E-state index >= 15 is 0 Å². The topological polar surface area (TPSA) is 96.3 Å². The van der Waals surface area contributed by atoms with E-state index in [1.54, 1.807) is 18.2 Å². The molecule has 0 aliphatic rings. The smallest absolute Gasteiger partial charge is 0.292 e. The first-order chi connectivity index (χ1) is 9.04. The van der Waals surface area contributed by atoms with Crippen LogP contribution in [0.3, 0.4) is 0 Å². The first-order valence-electron chi connectivity index (χ1n) is 5.96. The minimum atomic E-state index is -0.483. The van der Waals surface area contributed by atoms with Crippen LogP contribution in [0.2, 0.25) is 0 Å². The van der Waals surface area contributed by atoms with Crippen LogP contribution in [0.25, 0.3) is 0 Å². The third-order valence-corrected chi connectivity index (χ3v) is 2.64. The van der Waals surface area contributed by atoms with Gasteiger partial charge >= 0.3 is 0 Å². The van der Waals surface area contributed by atoms with Gasteiger partial charge in [-0.2, -0.15) is 0 Å². The number of carbonyl (C=O) groups is 1. The Morgan fingerprint density at radius 1 is 1.40 bits per heavy atom. The molecule has 0 spiro atoms. The predicted molar refractivity (Wildman–Crippen MR) is 80.4 cm³/mol. The number of para-hydroxylation sites is 2. The molecule has 0 heterocycles. The van der Waals surface area contributed by atoms with Crippen molar-refractivity contribution < 1.29 is 9.72 Å². The summed E-state index contributed by atoms with van der Waals surface area (Å²) in [6, 6.07) is 6.40. The number of benzene rings is 1. The zero-order valence-electron chi connectivity index (χ0n) is 11.4. The van der Waals surface area contributed by atoms with Gasteiger partial charge in [0.05, 0.1) is 11.5 Å². The van der Waals surface area contributed by atoms with Gasteiger partial charge in [-0.15, -0.1) is 12.4 Å². The van der Waals surface area contributed by atoms with Gasteiger partial charge in [-0.3, -0.25) is 14.9 Å². The van der Waals surface area contributed by atoms with Crippen LogP contribution in [-0.2, 0) is 4.79 Å². The molecule has 20 heavy (non-hydrogen) atoms. The summed E-state index contributed by atoms with van der Waals surface area (Å²) in [6.45, 7) is 2.45. The van der Waals surface area contributed by atoms with Crippen LogP contribution in [0.1, 0.15) is 6.92 Å². The van der Waals surface area contributed by atoms with Gasteiger partial charge in [0.2, 0.25) is 5.91 Å². The van der Waals surface area contributed by atoms with Crippen molar-refractivity contribution in [1.29, 1.82) is 0 Å². The Morgan fingerprint density at radius 2 is 2.05 bits per heavy atom. The molecule has 0 saturated carbocycles. The molecule has 3 N–H and O–H groups in total. The van der Waals surface area contributed by atoms with Crippen LogP contribution in [0.5, 0.6) is 0 Å². The molecule has 1 rings (SSSR count). The fourth-order valence-corrected chi connectivity index (χ4v) is 1.39. The lowest BCUT2D eigenvalue weighted by molar-refractivity contribution is -0.383. The van der Waals surface area contributed by atoms with E-state index in [1.165, 1.54) is 6.07 Å². The Kier molecular flexibility index (Phi) is 8.26. The van der Waals surface area contributed by atoms with Gasteiger partial charge in [0, 0.05) is 18.7 Å². The number of halogens is 1. The van der Waals surface area contributed by atoms with Gasteiger partial charge in [0.1, 0.15) is 5.69 Å². The molecule has 0 aliphatic heterocycles. The standard InChI is InChI=1S/C12H18N4O3.ClH/c1-9(13-2)7-15-12(17)8-14-10-5-3-4-6-11(10)16(18)19;/h3-6,9,13-14H,7-8H2,1-2H3,(H,15,17);1H. The number of nitrogens with zero attached hydrogens (tertiary/aromatic N) is 1. The Bertz CT molecular complexity index is 456. The molecule has 0 radical (unpaired) electrons. The van der Waals surface area contributed by atoms with E-state index in [2.05, 4.69) is 16.0 Å². The predicted octanol–water partition coefficient (Wildman–Crippen LogP) is 1.15. The molecule has 0 saturated heterocycles. The summed E-state index contributed by atoms with van der Waals surface area (Å²) in [5, 5.41) is 19.3. The van der Waals surface area contributed by atoms with E-state index in [4.69, 9.17) is 0 Å². The van der Waals surface area contributed by atoms with Crippen LogP contribution in [-0.4, -0.2) is 37.0 Å². The first kappa shape index (κ1) is 18.1. The number of nitrogens with one attached hydrogen (secondary N) is 3. The van der Waals surface area contributed by atoms with Crippen molar-refractivity contribution in [2.75, 3.05) is 25.5 Å². The average Bonchev–Trinajstić information content (AvgIpc) is 2.42. The molecule has 112 valence electrons. The molecule has 0 fully saturated rings. The highest BCUT2D eigenvalue weighted by Gasteiger charge is 2.12. The van der Waals surface area contributed by atoms with E-state index in [0.29, 0.717) is 12.2 Å². The zero-order chi connectivity index (χ0) is 14.3. The van der Waals surface area contributed by atoms with Crippen LogP contribution in [0.15, 0.2) is 24.3 Å². The molecule has 1 atom stereocenters. The molecular formula is C12H19ClN4O3. The number of anilines is 1. The molecular weight excluding hydrogens is 284 g/mol. The van der Waals surface area contributed by atoms with Gasteiger partial charge < -0.3 is 16.0 Å². The molecule has 7 nitrogen and oxygen atoms in total. The van der Waals surface area contributed by atoms with Crippen molar-refractivity contribution in [2.45, 2.75) is 13.0 Å². The maximum atomic E-state index is 11.5. The second-order valence-corrected chi connectivity index (χ2v) is 4.12. The second-order valence-electron chi connectivity index (χ2n) is 4.12. The van der Waals surface area contributed by atoms with Gasteiger partial charge in [0.25, 0.3) is 5.69 Å². The zero-order valence-corrected chi connectivity index (χ0v) is 12.2. The summed E-state index contributed by atoms with van der Waals surface area (Å²) in [5.74, 6) is -0.208. The Balaban J connectivity index is 0.00000361. The minimum absolute atomic E-state index is 0. The van der Waals surface area contributed by atoms with Gasteiger partial charge in [0.15, 0.2) is 0 Å². The molecule has 1 aromatic carbocycles. The lowest BCUT2D eigenvalue weighted by atomic mass is 10.2. The Hall–Kier alpha value is -1.86. The highest BCUT2D eigenvalue weighted by Crippen LogP contribution is 2.22. The molecule has 8 heteroatoms. The average molecular weight is 303 g/mol. The molecule has 1 aromatic rings. The fraction of sp³-hybridized carbons (Fsp3) is 0.417. The summed E-state index contributed by atoms with van der Waals surface area (Å²) in [5.41, 5.74) is 0.295. The second kappa shape index (κ2) is 9.11. The Labute approximate surface area is 123 Å². The monoisotopic (exact) mass is 302 g/mol. The fourth-order valence-electron chi connectivity index (χ4n) is 1.39. The highest BCUT2D eigenvalue weighted by atomic mass is 35.5.